The van der Waals surface area contributed by atoms with Crippen molar-refractivity contribution in [1.82, 2.24) is 9.88 Å². The third-order valence-electron chi connectivity index (χ3n) is 5.41. The van der Waals surface area contributed by atoms with Gasteiger partial charge in [0.05, 0.1) is 24.9 Å². The lowest BCUT2D eigenvalue weighted by molar-refractivity contribution is -0.0814. The largest absolute Gasteiger partial charge is 0.373 e. The molecule has 2 aliphatic heterocycles. The molecular formula is C21H23ClN2O3. The van der Waals surface area contributed by atoms with E-state index in [2.05, 4.69) is 4.98 Å². The summed E-state index contributed by atoms with van der Waals surface area (Å²) in [6, 6.07) is 11.3. The number of hydrogen-bond acceptors (Lipinski definition) is 4. The zero-order chi connectivity index (χ0) is 18.8. The van der Waals surface area contributed by atoms with Gasteiger partial charge in [0.15, 0.2) is 0 Å². The predicted octanol–water partition coefficient (Wildman–Crippen LogP) is 3.63. The first-order valence-corrected chi connectivity index (χ1v) is 9.72. The molecule has 0 bridgehead atoms. The maximum Gasteiger partial charge on any atom is 0.254 e. The molecule has 3 atom stereocenters. The molecule has 0 spiro atoms. The summed E-state index contributed by atoms with van der Waals surface area (Å²) in [5, 5.41) is 0.611. The van der Waals surface area contributed by atoms with Crippen molar-refractivity contribution in [2.75, 3.05) is 13.2 Å². The van der Waals surface area contributed by atoms with Gasteiger partial charge in [0.1, 0.15) is 12.2 Å². The third-order valence-corrected chi connectivity index (χ3v) is 5.82. The second kappa shape index (κ2) is 7.97. The molecule has 1 aromatic heterocycles. The Morgan fingerprint density at radius 3 is 3.04 bits per heavy atom. The van der Waals surface area contributed by atoms with Crippen LogP contribution in [0.15, 0.2) is 42.6 Å². The first-order chi connectivity index (χ1) is 13.1. The molecule has 142 valence electrons. The van der Waals surface area contributed by atoms with E-state index in [4.69, 9.17) is 21.1 Å². The Morgan fingerprint density at radius 2 is 2.22 bits per heavy atom. The lowest BCUT2D eigenvalue weighted by atomic mass is 10.0. The molecular weight excluding hydrogens is 364 g/mol. The molecule has 3 heterocycles. The molecule has 0 aliphatic carbocycles. The lowest BCUT2D eigenvalue weighted by Crippen LogP contribution is -2.44. The van der Waals surface area contributed by atoms with Crippen LogP contribution < -0.4 is 0 Å². The molecule has 2 aromatic rings. The van der Waals surface area contributed by atoms with Crippen LogP contribution in [-0.4, -0.2) is 47.2 Å². The van der Waals surface area contributed by atoms with E-state index in [9.17, 15) is 4.79 Å². The first-order valence-electron chi connectivity index (χ1n) is 9.34. The Kier molecular flexibility index (Phi) is 5.43. The van der Waals surface area contributed by atoms with E-state index in [-0.39, 0.29) is 24.2 Å². The topological polar surface area (TPSA) is 51.7 Å². The predicted molar refractivity (Wildman–Crippen MR) is 103 cm³/mol. The van der Waals surface area contributed by atoms with E-state index in [1.54, 1.807) is 6.20 Å². The summed E-state index contributed by atoms with van der Waals surface area (Å²) >= 11 is 6.22. The van der Waals surface area contributed by atoms with Gasteiger partial charge in [0.25, 0.3) is 5.91 Å². The van der Waals surface area contributed by atoms with Crippen LogP contribution >= 0.6 is 11.6 Å². The quantitative estimate of drug-likeness (QED) is 0.805. The highest BCUT2D eigenvalue weighted by atomic mass is 35.5. The number of amides is 1. The Hall–Kier alpha value is -1.95. The zero-order valence-electron chi connectivity index (χ0n) is 15.3. The van der Waals surface area contributed by atoms with E-state index in [0.29, 0.717) is 30.3 Å². The number of fused-ring (bicyclic) bond motifs is 1. The van der Waals surface area contributed by atoms with Crippen LogP contribution in [0.2, 0.25) is 5.02 Å². The normalized spacial score (nSPS) is 24.7. The third kappa shape index (κ3) is 3.72. The van der Waals surface area contributed by atoms with Crippen LogP contribution in [0.3, 0.4) is 0 Å². The summed E-state index contributed by atoms with van der Waals surface area (Å²) in [7, 11) is 0. The molecule has 27 heavy (non-hydrogen) atoms. The number of aromatic nitrogens is 1. The van der Waals surface area contributed by atoms with E-state index >= 15 is 0 Å². The van der Waals surface area contributed by atoms with Crippen molar-refractivity contribution in [1.29, 1.82) is 0 Å². The highest BCUT2D eigenvalue weighted by Gasteiger charge is 2.47. The fraction of sp³-hybridized carbons (Fsp3) is 0.429. The number of carbonyl (C=O) groups is 1. The SMILES string of the molecule is Cc1c(Cl)cccc1C(=O)N1C[C@H](OCc2ccccn2)[C@H]2OCCC[C@H]21. The molecule has 0 radical (unpaired) electrons. The van der Waals surface area contributed by atoms with E-state index in [1.165, 1.54) is 0 Å². The van der Waals surface area contributed by atoms with Crippen LogP contribution in [0.25, 0.3) is 0 Å². The monoisotopic (exact) mass is 386 g/mol. The maximum absolute atomic E-state index is 13.2. The van der Waals surface area contributed by atoms with Crippen LogP contribution in [-0.2, 0) is 16.1 Å². The molecule has 4 rings (SSSR count). The fourth-order valence-corrected chi connectivity index (χ4v) is 4.13. The molecule has 1 aromatic carbocycles. The minimum absolute atomic E-state index is 0.000522. The summed E-state index contributed by atoms with van der Waals surface area (Å²) in [6.07, 6.45) is 3.39. The Morgan fingerprint density at radius 1 is 1.33 bits per heavy atom. The molecule has 1 amide bonds. The second-order valence-electron chi connectivity index (χ2n) is 7.09. The molecule has 0 saturated carbocycles. The number of benzene rings is 1. The van der Waals surface area contributed by atoms with Crippen molar-refractivity contribution < 1.29 is 14.3 Å². The summed E-state index contributed by atoms with van der Waals surface area (Å²) in [5.74, 6) is -0.000522. The van der Waals surface area contributed by atoms with Crippen LogP contribution in [0.1, 0.15) is 34.5 Å². The number of rotatable bonds is 4. The number of hydrogen-bond donors (Lipinski definition) is 0. The molecule has 2 saturated heterocycles. The zero-order valence-corrected chi connectivity index (χ0v) is 16.1. The summed E-state index contributed by atoms with van der Waals surface area (Å²) < 4.78 is 12.1. The maximum atomic E-state index is 13.2. The van der Waals surface area contributed by atoms with Gasteiger partial charge in [-0.05, 0) is 49.6 Å². The van der Waals surface area contributed by atoms with E-state index < -0.39 is 0 Å². The molecule has 2 fully saturated rings. The van der Waals surface area contributed by atoms with Gasteiger partial charge in [-0.3, -0.25) is 9.78 Å². The van der Waals surface area contributed by atoms with Crippen LogP contribution in [0.4, 0.5) is 0 Å². The molecule has 5 nitrogen and oxygen atoms in total. The van der Waals surface area contributed by atoms with Gasteiger partial charge in [-0.25, -0.2) is 0 Å². The molecule has 6 heteroatoms. The molecule has 2 aliphatic rings. The summed E-state index contributed by atoms with van der Waals surface area (Å²) in [4.78, 5) is 19.5. The Balaban J connectivity index is 1.53. The highest BCUT2D eigenvalue weighted by Crippen LogP contribution is 2.33. The lowest BCUT2D eigenvalue weighted by Gasteiger charge is -2.32. The van der Waals surface area contributed by atoms with Crippen LogP contribution in [0, 0.1) is 6.92 Å². The van der Waals surface area contributed by atoms with Gasteiger partial charge in [-0.15, -0.1) is 0 Å². The minimum atomic E-state index is -0.152. The number of pyridine rings is 1. The number of nitrogens with zero attached hydrogens (tertiary/aromatic N) is 2. The van der Waals surface area contributed by atoms with Crippen molar-refractivity contribution in [2.45, 2.75) is 44.6 Å². The standard InChI is InChI=1S/C21H23ClN2O3/c1-14-16(7-4-8-17(14)22)21(25)24-12-19(20-18(24)9-5-11-26-20)27-13-15-6-2-3-10-23-15/h2-4,6-8,10,18-20H,5,9,11-13H2,1H3/t18-,19+,20+/m1/s1. The molecule has 0 unspecified atom stereocenters. The van der Waals surface area contributed by atoms with Crippen molar-refractivity contribution in [3.63, 3.8) is 0 Å². The molecule has 0 N–H and O–H groups in total. The number of ether oxygens (including phenoxy) is 2. The van der Waals surface area contributed by atoms with E-state index in [0.717, 1.165) is 24.1 Å². The second-order valence-corrected chi connectivity index (χ2v) is 7.49. The van der Waals surface area contributed by atoms with Gasteiger partial charge < -0.3 is 14.4 Å². The summed E-state index contributed by atoms with van der Waals surface area (Å²) in [6.45, 7) is 3.53. The van der Waals surface area contributed by atoms with Gasteiger partial charge in [0, 0.05) is 23.4 Å². The number of carbonyl (C=O) groups excluding carboxylic acids is 1. The van der Waals surface area contributed by atoms with Gasteiger partial charge in [0.2, 0.25) is 0 Å². The van der Waals surface area contributed by atoms with Gasteiger partial charge >= 0.3 is 0 Å². The van der Waals surface area contributed by atoms with E-state index in [1.807, 2.05) is 48.2 Å². The number of likely N-dealkylation sites (tertiary alicyclic amines) is 1. The van der Waals surface area contributed by atoms with Crippen molar-refractivity contribution in [3.8, 4) is 0 Å². The first kappa shape index (κ1) is 18.4. The van der Waals surface area contributed by atoms with Crippen molar-refractivity contribution in [2.24, 2.45) is 0 Å². The van der Waals surface area contributed by atoms with Gasteiger partial charge in [-0.2, -0.15) is 0 Å². The van der Waals surface area contributed by atoms with Crippen molar-refractivity contribution >= 4 is 17.5 Å². The number of halogens is 1. The fourth-order valence-electron chi connectivity index (χ4n) is 3.96. The Labute approximate surface area is 164 Å². The average molecular weight is 387 g/mol. The average Bonchev–Trinajstić information content (AvgIpc) is 3.08. The highest BCUT2D eigenvalue weighted by molar-refractivity contribution is 6.31. The minimum Gasteiger partial charge on any atom is -0.373 e. The summed E-state index contributed by atoms with van der Waals surface area (Å²) in [5.41, 5.74) is 2.34. The smallest absolute Gasteiger partial charge is 0.254 e. The van der Waals surface area contributed by atoms with Crippen molar-refractivity contribution in [3.05, 3.63) is 64.4 Å². The Bertz CT molecular complexity index is 814. The van der Waals surface area contributed by atoms with Gasteiger partial charge in [-0.1, -0.05) is 23.7 Å². The van der Waals surface area contributed by atoms with Crippen LogP contribution in [0.5, 0.6) is 0 Å².